The molecular weight excluding hydrogens is 182 g/mol. The predicted octanol–water partition coefficient (Wildman–Crippen LogP) is 1.47. The van der Waals surface area contributed by atoms with E-state index in [1.165, 1.54) is 0 Å². The zero-order valence-electron chi connectivity index (χ0n) is 8.91. The van der Waals surface area contributed by atoms with E-state index in [1.807, 2.05) is 20.8 Å². The molecule has 0 aromatic carbocycles. The summed E-state index contributed by atoms with van der Waals surface area (Å²) in [7, 11) is 0. The molecule has 0 saturated carbocycles. The summed E-state index contributed by atoms with van der Waals surface area (Å²) in [6, 6.07) is 0.779. The maximum Gasteiger partial charge on any atom is 0.321 e. The standard InChI is InChI=1S/C9H17N3O2/c1-4-13-6-5-8-11-9(14-12-8)10-7(2)3/h7H,4-6H2,1-3H3,(H,10,11,12). The van der Waals surface area contributed by atoms with Crippen molar-refractivity contribution < 1.29 is 9.26 Å². The van der Waals surface area contributed by atoms with E-state index in [0.717, 1.165) is 6.61 Å². The first-order valence-corrected chi connectivity index (χ1v) is 4.89. The van der Waals surface area contributed by atoms with E-state index in [1.54, 1.807) is 0 Å². The Bertz CT molecular complexity index is 260. The Kier molecular flexibility index (Phi) is 4.39. The fraction of sp³-hybridized carbons (Fsp3) is 0.778. The first-order valence-electron chi connectivity index (χ1n) is 4.89. The van der Waals surface area contributed by atoms with Gasteiger partial charge in [-0.2, -0.15) is 4.98 Å². The average molecular weight is 199 g/mol. The molecule has 0 aliphatic heterocycles. The van der Waals surface area contributed by atoms with Crippen molar-refractivity contribution in [3.63, 3.8) is 0 Å². The minimum Gasteiger partial charge on any atom is -0.381 e. The maximum atomic E-state index is 5.19. The van der Waals surface area contributed by atoms with Crippen molar-refractivity contribution in [2.45, 2.75) is 33.2 Å². The smallest absolute Gasteiger partial charge is 0.321 e. The monoisotopic (exact) mass is 199 g/mol. The Balaban J connectivity index is 2.35. The molecule has 1 N–H and O–H groups in total. The van der Waals surface area contributed by atoms with Crippen LogP contribution in [0.25, 0.3) is 0 Å². The molecule has 1 aromatic heterocycles. The molecule has 0 unspecified atom stereocenters. The molecule has 80 valence electrons. The van der Waals surface area contributed by atoms with Crippen molar-refractivity contribution in [1.29, 1.82) is 0 Å². The number of nitrogens with zero attached hydrogens (tertiary/aromatic N) is 2. The van der Waals surface area contributed by atoms with Gasteiger partial charge in [-0.05, 0) is 20.8 Å². The van der Waals surface area contributed by atoms with Crippen molar-refractivity contribution in [1.82, 2.24) is 10.1 Å². The molecule has 0 saturated heterocycles. The van der Waals surface area contributed by atoms with Crippen LogP contribution in [0.1, 0.15) is 26.6 Å². The van der Waals surface area contributed by atoms with Crippen LogP contribution in [-0.4, -0.2) is 29.4 Å². The lowest BCUT2D eigenvalue weighted by molar-refractivity contribution is 0.149. The zero-order valence-corrected chi connectivity index (χ0v) is 8.91. The van der Waals surface area contributed by atoms with Crippen LogP contribution < -0.4 is 5.32 Å². The van der Waals surface area contributed by atoms with Crippen LogP contribution in [0, 0.1) is 0 Å². The number of hydrogen-bond acceptors (Lipinski definition) is 5. The van der Waals surface area contributed by atoms with Crippen LogP contribution in [0.4, 0.5) is 6.01 Å². The topological polar surface area (TPSA) is 60.2 Å². The van der Waals surface area contributed by atoms with Crippen LogP contribution in [0.15, 0.2) is 4.52 Å². The summed E-state index contributed by atoms with van der Waals surface area (Å²) >= 11 is 0. The molecule has 0 amide bonds. The van der Waals surface area contributed by atoms with E-state index in [4.69, 9.17) is 9.26 Å². The van der Waals surface area contributed by atoms with Gasteiger partial charge in [-0.1, -0.05) is 5.16 Å². The summed E-state index contributed by atoms with van der Waals surface area (Å²) in [5, 5.41) is 6.85. The SMILES string of the molecule is CCOCCc1noc(NC(C)C)n1. The van der Waals surface area contributed by atoms with Crippen molar-refractivity contribution in [2.24, 2.45) is 0 Å². The number of hydrogen-bond donors (Lipinski definition) is 1. The van der Waals surface area contributed by atoms with Gasteiger partial charge in [0, 0.05) is 19.1 Å². The van der Waals surface area contributed by atoms with Crippen molar-refractivity contribution >= 4 is 6.01 Å². The Morgan fingerprint density at radius 2 is 2.29 bits per heavy atom. The van der Waals surface area contributed by atoms with Gasteiger partial charge < -0.3 is 14.6 Å². The highest BCUT2D eigenvalue weighted by atomic mass is 16.5. The molecule has 0 spiro atoms. The molecule has 0 aliphatic rings. The van der Waals surface area contributed by atoms with Gasteiger partial charge >= 0.3 is 6.01 Å². The quantitative estimate of drug-likeness (QED) is 0.703. The summed E-state index contributed by atoms with van der Waals surface area (Å²) in [6.45, 7) is 7.35. The minimum absolute atomic E-state index is 0.301. The summed E-state index contributed by atoms with van der Waals surface area (Å²) in [5.41, 5.74) is 0. The van der Waals surface area contributed by atoms with Crippen LogP contribution in [0.5, 0.6) is 0 Å². The first kappa shape index (κ1) is 11.0. The van der Waals surface area contributed by atoms with Crippen LogP contribution in [0.2, 0.25) is 0 Å². The van der Waals surface area contributed by atoms with Gasteiger partial charge in [0.1, 0.15) is 0 Å². The van der Waals surface area contributed by atoms with Crippen LogP contribution in [0.3, 0.4) is 0 Å². The fourth-order valence-corrected chi connectivity index (χ4v) is 0.969. The third kappa shape index (κ3) is 3.74. The molecule has 0 aliphatic carbocycles. The molecule has 1 aromatic rings. The second kappa shape index (κ2) is 5.59. The van der Waals surface area contributed by atoms with Gasteiger partial charge in [0.05, 0.1) is 6.61 Å². The van der Waals surface area contributed by atoms with E-state index in [9.17, 15) is 0 Å². The van der Waals surface area contributed by atoms with Crippen molar-refractivity contribution in [3.05, 3.63) is 5.82 Å². The molecule has 14 heavy (non-hydrogen) atoms. The molecule has 0 atom stereocenters. The normalized spacial score (nSPS) is 10.9. The van der Waals surface area contributed by atoms with Gasteiger partial charge in [-0.25, -0.2) is 0 Å². The largest absolute Gasteiger partial charge is 0.381 e. The summed E-state index contributed by atoms with van der Waals surface area (Å²) in [6.07, 6.45) is 0.692. The number of aromatic nitrogens is 2. The van der Waals surface area contributed by atoms with Gasteiger partial charge in [0.15, 0.2) is 5.82 Å². The van der Waals surface area contributed by atoms with Crippen LogP contribution in [-0.2, 0) is 11.2 Å². The van der Waals surface area contributed by atoms with E-state index < -0.39 is 0 Å². The number of anilines is 1. The second-order valence-electron chi connectivity index (χ2n) is 3.26. The second-order valence-corrected chi connectivity index (χ2v) is 3.26. The molecule has 5 nitrogen and oxygen atoms in total. The lowest BCUT2D eigenvalue weighted by atomic mass is 10.4. The molecule has 1 heterocycles. The summed E-state index contributed by atoms with van der Waals surface area (Å²) in [4.78, 5) is 4.15. The lowest BCUT2D eigenvalue weighted by Gasteiger charge is -2.01. The van der Waals surface area contributed by atoms with Gasteiger partial charge in [0.25, 0.3) is 0 Å². The van der Waals surface area contributed by atoms with E-state index in [-0.39, 0.29) is 0 Å². The third-order valence-electron chi connectivity index (χ3n) is 1.55. The third-order valence-corrected chi connectivity index (χ3v) is 1.55. The van der Waals surface area contributed by atoms with E-state index >= 15 is 0 Å². The Hall–Kier alpha value is -1.10. The van der Waals surface area contributed by atoms with Gasteiger partial charge in [-0.3, -0.25) is 0 Å². The van der Waals surface area contributed by atoms with Gasteiger partial charge in [-0.15, -0.1) is 0 Å². The molecule has 1 rings (SSSR count). The molecule has 0 fully saturated rings. The van der Waals surface area contributed by atoms with Crippen molar-refractivity contribution in [2.75, 3.05) is 18.5 Å². The Morgan fingerprint density at radius 1 is 1.50 bits per heavy atom. The zero-order chi connectivity index (χ0) is 10.4. The highest BCUT2D eigenvalue weighted by Gasteiger charge is 2.06. The van der Waals surface area contributed by atoms with Crippen LogP contribution >= 0.6 is 0 Å². The highest BCUT2D eigenvalue weighted by molar-refractivity contribution is 5.19. The predicted molar refractivity (Wildman–Crippen MR) is 53.3 cm³/mol. The minimum atomic E-state index is 0.301. The number of rotatable bonds is 6. The fourth-order valence-electron chi connectivity index (χ4n) is 0.969. The Labute approximate surface area is 83.8 Å². The summed E-state index contributed by atoms with van der Waals surface area (Å²) < 4.78 is 10.2. The first-order chi connectivity index (χ1) is 6.72. The number of ether oxygens (including phenoxy) is 1. The van der Waals surface area contributed by atoms with E-state index in [0.29, 0.717) is 30.9 Å². The average Bonchev–Trinajstić information content (AvgIpc) is 2.52. The van der Waals surface area contributed by atoms with Gasteiger partial charge in [0.2, 0.25) is 0 Å². The molecular formula is C9H17N3O2. The summed E-state index contributed by atoms with van der Waals surface area (Å²) in [5.74, 6) is 0.682. The lowest BCUT2D eigenvalue weighted by Crippen LogP contribution is -2.09. The molecule has 0 bridgehead atoms. The highest BCUT2D eigenvalue weighted by Crippen LogP contribution is 2.05. The maximum absolute atomic E-state index is 5.19. The van der Waals surface area contributed by atoms with E-state index in [2.05, 4.69) is 15.5 Å². The van der Waals surface area contributed by atoms with Crippen molar-refractivity contribution in [3.8, 4) is 0 Å². The molecule has 0 radical (unpaired) electrons. The molecule has 5 heteroatoms. The number of nitrogens with one attached hydrogen (secondary N) is 1. The Morgan fingerprint density at radius 3 is 2.93 bits per heavy atom.